The van der Waals surface area contributed by atoms with Gasteiger partial charge in [0.15, 0.2) is 0 Å². The molecule has 0 saturated carbocycles. The smallest absolute Gasteiger partial charge is 0.0957 e. The third-order valence-electron chi connectivity index (χ3n) is 2.73. The van der Waals surface area contributed by atoms with Crippen LogP contribution in [-0.2, 0) is 11.3 Å². The fraction of sp³-hybridized carbons (Fsp3) is 0.636. The van der Waals surface area contributed by atoms with Crippen molar-refractivity contribution in [1.82, 2.24) is 5.32 Å². The molecule has 1 aromatic rings. The average molecular weight is 195 g/mol. The van der Waals surface area contributed by atoms with Gasteiger partial charge in [-0.2, -0.15) is 0 Å². The number of nitrogens with one attached hydrogen (secondary N) is 1. The number of rotatable bonds is 3. The van der Waals surface area contributed by atoms with Gasteiger partial charge in [-0.15, -0.1) is 0 Å². The monoisotopic (exact) mass is 195 g/mol. The summed E-state index contributed by atoms with van der Waals surface area (Å²) in [6, 6.07) is 1.94. The van der Waals surface area contributed by atoms with Crippen LogP contribution in [0.1, 0.15) is 25.3 Å². The van der Waals surface area contributed by atoms with Gasteiger partial charge < -0.3 is 14.5 Å². The third-order valence-corrected chi connectivity index (χ3v) is 2.73. The number of piperidine rings is 1. The molecule has 1 fully saturated rings. The zero-order valence-corrected chi connectivity index (χ0v) is 8.58. The van der Waals surface area contributed by atoms with Crippen LogP contribution >= 0.6 is 0 Å². The van der Waals surface area contributed by atoms with Crippen molar-refractivity contribution in [2.75, 3.05) is 13.1 Å². The molecule has 1 aliphatic rings. The summed E-state index contributed by atoms with van der Waals surface area (Å²) < 4.78 is 10.9. The summed E-state index contributed by atoms with van der Waals surface area (Å²) in [4.78, 5) is 0. The Labute approximate surface area is 84.4 Å². The predicted molar refractivity (Wildman–Crippen MR) is 54.0 cm³/mol. The standard InChI is InChI=1S/C11H17NO2/c1-11(4-2-5-12-9-11)14-8-10-3-6-13-7-10/h3,6-7,12H,2,4-5,8-9H2,1H3. The van der Waals surface area contributed by atoms with E-state index in [1.165, 1.54) is 6.42 Å². The molecule has 1 atom stereocenters. The van der Waals surface area contributed by atoms with Crippen molar-refractivity contribution < 1.29 is 9.15 Å². The second-order valence-corrected chi connectivity index (χ2v) is 4.15. The van der Waals surface area contributed by atoms with Crippen molar-refractivity contribution in [3.05, 3.63) is 24.2 Å². The largest absolute Gasteiger partial charge is 0.472 e. The van der Waals surface area contributed by atoms with Gasteiger partial charge in [0.1, 0.15) is 0 Å². The molecule has 1 aliphatic heterocycles. The lowest BCUT2D eigenvalue weighted by atomic mass is 9.96. The quantitative estimate of drug-likeness (QED) is 0.800. The summed E-state index contributed by atoms with van der Waals surface area (Å²) in [5.74, 6) is 0. The maximum atomic E-state index is 5.89. The SMILES string of the molecule is CC1(OCc2ccoc2)CCCNC1. The van der Waals surface area contributed by atoms with Crippen LogP contribution in [0.2, 0.25) is 0 Å². The Morgan fingerprint density at radius 2 is 2.57 bits per heavy atom. The van der Waals surface area contributed by atoms with Gasteiger partial charge in [0.25, 0.3) is 0 Å². The van der Waals surface area contributed by atoms with E-state index in [4.69, 9.17) is 9.15 Å². The van der Waals surface area contributed by atoms with Gasteiger partial charge in [-0.25, -0.2) is 0 Å². The molecule has 0 amide bonds. The summed E-state index contributed by atoms with van der Waals surface area (Å²) in [6.07, 6.45) is 5.75. The van der Waals surface area contributed by atoms with Crippen LogP contribution in [-0.4, -0.2) is 18.7 Å². The van der Waals surface area contributed by atoms with Gasteiger partial charge in [0.2, 0.25) is 0 Å². The Morgan fingerprint density at radius 3 is 3.21 bits per heavy atom. The van der Waals surface area contributed by atoms with E-state index < -0.39 is 0 Å². The summed E-state index contributed by atoms with van der Waals surface area (Å²) in [6.45, 7) is 4.88. The van der Waals surface area contributed by atoms with Crippen molar-refractivity contribution in [1.29, 1.82) is 0 Å². The Bertz CT molecular complexity index is 263. The highest BCUT2D eigenvalue weighted by Gasteiger charge is 2.27. The Morgan fingerprint density at radius 1 is 1.64 bits per heavy atom. The molecule has 1 unspecified atom stereocenters. The minimum atomic E-state index is -0.00444. The molecular formula is C11H17NO2. The first kappa shape index (κ1) is 9.74. The highest BCUT2D eigenvalue weighted by molar-refractivity contribution is 5.03. The molecule has 0 radical (unpaired) electrons. The van der Waals surface area contributed by atoms with Crippen LogP contribution < -0.4 is 5.32 Å². The van der Waals surface area contributed by atoms with Crippen molar-refractivity contribution >= 4 is 0 Å². The van der Waals surface area contributed by atoms with Gasteiger partial charge in [0, 0.05) is 12.1 Å². The molecule has 0 aromatic carbocycles. The lowest BCUT2D eigenvalue weighted by Crippen LogP contribution is -2.45. The van der Waals surface area contributed by atoms with E-state index in [9.17, 15) is 0 Å². The number of ether oxygens (including phenoxy) is 1. The van der Waals surface area contributed by atoms with Crippen LogP contribution in [0.25, 0.3) is 0 Å². The van der Waals surface area contributed by atoms with Gasteiger partial charge in [-0.1, -0.05) is 0 Å². The van der Waals surface area contributed by atoms with Crippen LogP contribution in [0.15, 0.2) is 23.0 Å². The minimum Gasteiger partial charge on any atom is -0.472 e. The molecule has 0 aliphatic carbocycles. The van der Waals surface area contributed by atoms with Crippen molar-refractivity contribution in [2.45, 2.75) is 32.0 Å². The zero-order chi connectivity index (χ0) is 9.86. The first-order valence-corrected chi connectivity index (χ1v) is 5.14. The molecule has 3 heteroatoms. The Hall–Kier alpha value is -0.800. The highest BCUT2D eigenvalue weighted by Crippen LogP contribution is 2.21. The molecule has 1 N–H and O–H groups in total. The maximum Gasteiger partial charge on any atom is 0.0957 e. The number of hydrogen-bond donors (Lipinski definition) is 1. The summed E-state index contributed by atoms with van der Waals surface area (Å²) in [7, 11) is 0. The molecule has 1 saturated heterocycles. The van der Waals surface area contributed by atoms with Crippen LogP contribution in [0.4, 0.5) is 0 Å². The van der Waals surface area contributed by atoms with Crippen molar-refractivity contribution in [3.63, 3.8) is 0 Å². The van der Waals surface area contributed by atoms with E-state index >= 15 is 0 Å². The van der Waals surface area contributed by atoms with E-state index in [2.05, 4.69) is 12.2 Å². The first-order chi connectivity index (χ1) is 6.79. The van der Waals surface area contributed by atoms with E-state index in [1.807, 2.05) is 6.07 Å². The maximum absolute atomic E-state index is 5.89. The molecule has 2 heterocycles. The third kappa shape index (κ3) is 2.36. The zero-order valence-electron chi connectivity index (χ0n) is 8.58. The fourth-order valence-electron chi connectivity index (χ4n) is 1.78. The molecule has 3 nitrogen and oxygen atoms in total. The summed E-state index contributed by atoms with van der Waals surface area (Å²) in [5.41, 5.74) is 1.10. The predicted octanol–water partition coefficient (Wildman–Crippen LogP) is 1.94. The molecule has 0 spiro atoms. The van der Waals surface area contributed by atoms with E-state index in [1.54, 1.807) is 12.5 Å². The van der Waals surface area contributed by atoms with Crippen LogP contribution in [0, 0.1) is 0 Å². The topological polar surface area (TPSA) is 34.4 Å². The van der Waals surface area contributed by atoms with E-state index in [-0.39, 0.29) is 5.60 Å². The molecule has 78 valence electrons. The van der Waals surface area contributed by atoms with E-state index in [0.717, 1.165) is 25.1 Å². The Balaban J connectivity index is 1.84. The average Bonchev–Trinajstić information content (AvgIpc) is 2.69. The van der Waals surface area contributed by atoms with Crippen molar-refractivity contribution in [3.8, 4) is 0 Å². The van der Waals surface area contributed by atoms with Crippen molar-refractivity contribution in [2.24, 2.45) is 0 Å². The second kappa shape index (κ2) is 4.15. The molecule has 1 aromatic heterocycles. The lowest BCUT2D eigenvalue weighted by Gasteiger charge is -2.34. The van der Waals surface area contributed by atoms with Crippen LogP contribution in [0.3, 0.4) is 0 Å². The van der Waals surface area contributed by atoms with E-state index in [0.29, 0.717) is 6.61 Å². The Kier molecular flexibility index (Phi) is 2.89. The molecule has 14 heavy (non-hydrogen) atoms. The molecule has 0 bridgehead atoms. The second-order valence-electron chi connectivity index (χ2n) is 4.15. The summed E-state index contributed by atoms with van der Waals surface area (Å²) >= 11 is 0. The lowest BCUT2D eigenvalue weighted by molar-refractivity contribution is -0.0572. The summed E-state index contributed by atoms with van der Waals surface area (Å²) in [5, 5.41) is 3.36. The fourth-order valence-corrected chi connectivity index (χ4v) is 1.78. The van der Waals surface area contributed by atoms with Crippen LogP contribution in [0.5, 0.6) is 0 Å². The number of furan rings is 1. The first-order valence-electron chi connectivity index (χ1n) is 5.14. The van der Waals surface area contributed by atoms with Gasteiger partial charge in [0.05, 0.1) is 24.7 Å². The molecule has 2 rings (SSSR count). The van der Waals surface area contributed by atoms with Gasteiger partial charge in [-0.3, -0.25) is 0 Å². The number of hydrogen-bond acceptors (Lipinski definition) is 3. The van der Waals surface area contributed by atoms with Gasteiger partial charge in [-0.05, 0) is 32.4 Å². The molecular weight excluding hydrogens is 178 g/mol. The highest BCUT2D eigenvalue weighted by atomic mass is 16.5. The van der Waals surface area contributed by atoms with Gasteiger partial charge >= 0.3 is 0 Å². The minimum absolute atomic E-state index is 0.00444. The normalized spacial score (nSPS) is 27.8.